The van der Waals surface area contributed by atoms with Gasteiger partial charge >= 0.3 is 12.1 Å². The van der Waals surface area contributed by atoms with E-state index >= 15 is 0 Å². The largest absolute Gasteiger partial charge is 0.415 e. The maximum absolute atomic E-state index is 12.1. The van der Waals surface area contributed by atoms with E-state index in [-0.39, 0.29) is 0 Å². The Morgan fingerprint density at radius 3 is 2.89 bits per heavy atom. The summed E-state index contributed by atoms with van der Waals surface area (Å²) in [6.07, 6.45) is 5.91. The number of amides is 1. The summed E-state index contributed by atoms with van der Waals surface area (Å²) >= 11 is 6.23. The van der Waals surface area contributed by atoms with E-state index in [4.69, 9.17) is 16.3 Å². The fourth-order valence-corrected chi connectivity index (χ4v) is 2.70. The van der Waals surface area contributed by atoms with E-state index in [1.165, 1.54) is 0 Å². The highest BCUT2D eigenvalue weighted by molar-refractivity contribution is 6.32. The monoisotopic (exact) mass is 269 g/mol. The van der Waals surface area contributed by atoms with Gasteiger partial charge in [0.25, 0.3) is 0 Å². The second-order valence-electron chi connectivity index (χ2n) is 5.10. The van der Waals surface area contributed by atoms with E-state index in [0.29, 0.717) is 17.4 Å². The van der Waals surface area contributed by atoms with Crippen molar-refractivity contribution in [1.29, 1.82) is 0 Å². The van der Waals surface area contributed by atoms with Gasteiger partial charge in [-0.1, -0.05) is 37.6 Å². The summed E-state index contributed by atoms with van der Waals surface area (Å²) in [5.41, 5.74) is -0.950. The molecule has 4 nitrogen and oxygen atoms in total. The Kier molecular flexibility index (Phi) is 3.48. The topological polar surface area (TPSA) is 55.4 Å². The highest BCUT2D eigenvalue weighted by atomic mass is 35.5. The third-order valence-electron chi connectivity index (χ3n) is 3.44. The van der Waals surface area contributed by atoms with Gasteiger partial charge in [0, 0.05) is 5.03 Å². The Balaban J connectivity index is 2.34. The Bertz CT molecular complexity index is 442. The molecule has 0 spiro atoms. The second-order valence-corrected chi connectivity index (χ2v) is 5.51. The van der Waals surface area contributed by atoms with Crippen LogP contribution in [0.25, 0.3) is 0 Å². The van der Waals surface area contributed by atoms with Crippen LogP contribution in [0.1, 0.15) is 26.7 Å². The average Bonchev–Trinajstić information content (AvgIpc) is 2.27. The zero-order chi connectivity index (χ0) is 13.3. The SMILES string of the molecule is CC(C)CCC12C(=O)OC(=O)NC1C=CC=C2Cl. The van der Waals surface area contributed by atoms with Crippen LogP contribution in [-0.4, -0.2) is 18.1 Å². The van der Waals surface area contributed by atoms with E-state index in [1.807, 2.05) is 0 Å². The van der Waals surface area contributed by atoms with Gasteiger partial charge in [-0.05, 0) is 24.8 Å². The highest BCUT2D eigenvalue weighted by Gasteiger charge is 2.53. The van der Waals surface area contributed by atoms with Crippen LogP contribution >= 0.6 is 11.6 Å². The van der Waals surface area contributed by atoms with Gasteiger partial charge in [-0.2, -0.15) is 0 Å². The Morgan fingerprint density at radius 1 is 1.50 bits per heavy atom. The zero-order valence-electron chi connectivity index (χ0n) is 10.4. The molecule has 0 bridgehead atoms. The van der Waals surface area contributed by atoms with Gasteiger partial charge in [0.1, 0.15) is 5.41 Å². The molecule has 0 saturated carbocycles. The molecule has 1 aliphatic heterocycles. The van der Waals surface area contributed by atoms with Crippen LogP contribution in [0.15, 0.2) is 23.3 Å². The van der Waals surface area contributed by atoms with E-state index in [1.54, 1.807) is 18.2 Å². The van der Waals surface area contributed by atoms with Gasteiger partial charge in [-0.25, -0.2) is 4.79 Å². The summed E-state index contributed by atoms with van der Waals surface area (Å²) in [4.78, 5) is 23.4. The van der Waals surface area contributed by atoms with Crippen molar-refractivity contribution in [3.63, 3.8) is 0 Å². The lowest BCUT2D eigenvalue weighted by Gasteiger charge is -2.41. The van der Waals surface area contributed by atoms with Crippen LogP contribution in [0.2, 0.25) is 0 Å². The summed E-state index contributed by atoms with van der Waals surface area (Å²) < 4.78 is 4.71. The van der Waals surface area contributed by atoms with Crippen LogP contribution in [-0.2, 0) is 9.53 Å². The van der Waals surface area contributed by atoms with Crippen molar-refractivity contribution in [3.8, 4) is 0 Å². The second kappa shape index (κ2) is 4.76. The molecule has 2 unspecified atom stereocenters. The predicted molar refractivity (Wildman–Crippen MR) is 68.0 cm³/mol. The molecule has 1 fully saturated rings. The lowest BCUT2D eigenvalue weighted by atomic mass is 9.72. The lowest BCUT2D eigenvalue weighted by Crippen LogP contribution is -2.58. The molecule has 0 aromatic heterocycles. The normalized spacial score (nSPS) is 30.7. The standard InChI is InChI=1S/C13H16ClNO3/c1-8(2)6-7-13-9(14)4-3-5-10(13)15-12(17)18-11(13)16/h3-5,8,10H,6-7H2,1-2H3,(H,15,17). The minimum absolute atomic E-state index is 0.414. The molecule has 1 amide bonds. The quantitative estimate of drug-likeness (QED) is 0.633. The summed E-state index contributed by atoms with van der Waals surface area (Å²) in [6.45, 7) is 4.16. The average molecular weight is 270 g/mol. The number of cyclic esters (lactones) is 2. The number of alkyl carbamates (subject to hydrolysis) is 1. The lowest BCUT2D eigenvalue weighted by molar-refractivity contribution is -0.151. The van der Waals surface area contributed by atoms with Gasteiger partial charge < -0.3 is 10.1 Å². The number of halogens is 1. The Labute approximate surface area is 111 Å². The summed E-state index contributed by atoms with van der Waals surface area (Å²) in [5.74, 6) is -0.108. The number of rotatable bonds is 3. The zero-order valence-corrected chi connectivity index (χ0v) is 11.2. The van der Waals surface area contributed by atoms with E-state index in [2.05, 4.69) is 19.2 Å². The minimum atomic E-state index is -0.950. The minimum Gasteiger partial charge on any atom is -0.375 e. The first-order chi connectivity index (χ1) is 8.46. The number of esters is 1. The Hall–Kier alpha value is -1.29. The maximum Gasteiger partial charge on any atom is 0.415 e. The van der Waals surface area contributed by atoms with Gasteiger partial charge in [0.2, 0.25) is 0 Å². The van der Waals surface area contributed by atoms with Crippen molar-refractivity contribution in [1.82, 2.24) is 5.32 Å². The smallest absolute Gasteiger partial charge is 0.375 e. The van der Waals surface area contributed by atoms with Crippen LogP contribution in [0.5, 0.6) is 0 Å². The molecule has 5 heteroatoms. The summed E-state index contributed by atoms with van der Waals surface area (Å²) in [7, 11) is 0. The molecule has 18 heavy (non-hydrogen) atoms. The van der Waals surface area contributed by atoms with E-state index in [9.17, 15) is 9.59 Å². The molecule has 2 rings (SSSR count). The Morgan fingerprint density at radius 2 is 2.22 bits per heavy atom. The third-order valence-corrected chi connectivity index (χ3v) is 3.91. The summed E-state index contributed by atoms with van der Waals surface area (Å²) in [5, 5.41) is 3.08. The molecule has 0 aromatic rings. The number of nitrogens with one attached hydrogen (secondary N) is 1. The molecule has 1 saturated heterocycles. The number of fused-ring (bicyclic) bond motifs is 1. The predicted octanol–water partition coefficient (Wildman–Crippen LogP) is 2.74. The number of carbonyl (C=O) groups excluding carboxylic acids is 2. The van der Waals surface area contributed by atoms with Crippen molar-refractivity contribution < 1.29 is 14.3 Å². The number of ether oxygens (including phenoxy) is 1. The third kappa shape index (κ3) is 2.05. The maximum atomic E-state index is 12.1. The molecule has 2 atom stereocenters. The van der Waals surface area contributed by atoms with Crippen molar-refractivity contribution in [2.75, 3.05) is 0 Å². The molecular weight excluding hydrogens is 254 g/mol. The van der Waals surface area contributed by atoms with Crippen LogP contribution in [0.4, 0.5) is 4.79 Å². The molecule has 1 aliphatic carbocycles. The molecule has 1 heterocycles. The molecule has 1 N–H and O–H groups in total. The highest BCUT2D eigenvalue weighted by Crippen LogP contribution is 2.45. The molecular formula is C13H16ClNO3. The van der Waals surface area contributed by atoms with Crippen molar-refractivity contribution >= 4 is 23.7 Å². The number of carbonyl (C=O) groups is 2. The first-order valence-electron chi connectivity index (χ1n) is 6.04. The number of hydrogen-bond donors (Lipinski definition) is 1. The van der Waals surface area contributed by atoms with Crippen molar-refractivity contribution in [2.45, 2.75) is 32.7 Å². The van der Waals surface area contributed by atoms with Crippen molar-refractivity contribution in [2.24, 2.45) is 11.3 Å². The summed E-state index contributed by atoms with van der Waals surface area (Å²) in [6, 6.07) is -0.414. The first kappa shape index (κ1) is 13.1. The number of hydrogen-bond acceptors (Lipinski definition) is 3. The fourth-order valence-electron chi connectivity index (χ4n) is 2.33. The van der Waals surface area contributed by atoms with Gasteiger partial charge in [0.15, 0.2) is 0 Å². The molecule has 2 aliphatic rings. The first-order valence-corrected chi connectivity index (χ1v) is 6.42. The van der Waals surface area contributed by atoms with Crippen LogP contribution in [0, 0.1) is 11.3 Å². The van der Waals surface area contributed by atoms with Gasteiger partial charge in [-0.15, -0.1) is 0 Å². The van der Waals surface area contributed by atoms with Crippen LogP contribution in [0.3, 0.4) is 0 Å². The van der Waals surface area contributed by atoms with Crippen LogP contribution < -0.4 is 5.32 Å². The van der Waals surface area contributed by atoms with Crippen molar-refractivity contribution in [3.05, 3.63) is 23.3 Å². The van der Waals surface area contributed by atoms with E-state index in [0.717, 1.165) is 6.42 Å². The van der Waals surface area contributed by atoms with Gasteiger partial charge in [-0.3, -0.25) is 4.79 Å². The molecule has 98 valence electrons. The molecule has 0 aromatic carbocycles. The fraction of sp³-hybridized carbons (Fsp3) is 0.538. The van der Waals surface area contributed by atoms with Gasteiger partial charge in [0.05, 0.1) is 6.04 Å². The van der Waals surface area contributed by atoms with E-state index < -0.39 is 23.5 Å². The molecule has 0 radical (unpaired) electrons. The number of allylic oxidation sites excluding steroid dienone is 2.